The number of sulfonamides is 1. The first-order valence-corrected chi connectivity index (χ1v) is 7.23. The van der Waals surface area contributed by atoms with Crippen LogP contribution in [-0.4, -0.2) is 25.4 Å². The van der Waals surface area contributed by atoms with Gasteiger partial charge in [-0.2, -0.15) is 0 Å². The van der Waals surface area contributed by atoms with Crippen molar-refractivity contribution in [2.24, 2.45) is 0 Å². The first-order valence-electron chi connectivity index (χ1n) is 4.55. The van der Waals surface area contributed by atoms with Gasteiger partial charge >= 0.3 is 0 Å². The molecule has 2 N–H and O–H groups in total. The molecule has 1 aromatic carbocycles. The Morgan fingerprint density at radius 1 is 1.29 bits per heavy atom. The van der Waals surface area contributed by atoms with Crippen molar-refractivity contribution in [1.82, 2.24) is 0 Å². The zero-order valence-electron chi connectivity index (χ0n) is 8.75. The summed E-state index contributed by atoms with van der Waals surface area (Å²) in [4.78, 5) is 0. The van der Waals surface area contributed by atoms with Gasteiger partial charge < -0.3 is 5.11 Å². The van der Waals surface area contributed by atoms with Crippen LogP contribution in [0.5, 0.6) is 0 Å². The standard InChI is InChI=1S/C9H10Cl3NO3S/c1-5(4-14)17(15,16)13-9-7(11)2-6(10)3-8(9)12/h2-3,5,13-14H,4H2,1H3. The van der Waals surface area contributed by atoms with Gasteiger partial charge in [-0.1, -0.05) is 34.8 Å². The second kappa shape index (κ2) is 5.63. The molecule has 1 aromatic rings. The Morgan fingerprint density at radius 3 is 2.18 bits per heavy atom. The molecule has 0 aliphatic carbocycles. The molecule has 0 saturated carbocycles. The molecule has 1 unspecified atom stereocenters. The molecule has 1 rings (SSSR count). The lowest BCUT2D eigenvalue weighted by molar-refractivity contribution is 0.296. The predicted octanol–water partition coefficient (Wildman–Crippen LogP) is 2.77. The Balaban J connectivity index is 3.13. The van der Waals surface area contributed by atoms with Crippen molar-refractivity contribution in [1.29, 1.82) is 0 Å². The third-order valence-corrected chi connectivity index (χ3v) is 4.55. The number of rotatable bonds is 4. The molecule has 0 saturated heterocycles. The summed E-state index contributed by atoms with van der Waals surface area (Å²) in [5.74, 6) is 0. The Labute approximate surface area is 115 Å². The average Bonchev–Trinajstić information content (AvgIpc) is 2.22. The summed E-state index contributed by atoms with van der Waals surface area (Å²) in [5.41, 5.74) is 0.0537. The van der Waals surface area contributed by atoms with Crippen molar-refractivity contribution in [3.8, 4) is 0 Å². The first kappa shape index (κ1) is 14.9. The summed E-state index contributed by atoms with van der Waals surface area (Å²) in [6.45, 7) is 0.859. The maximum Gasteiger partial charge on any atom is 0.237 e. The van der Waals surface area contributed by atoms with E-state index in [9.17, 15) is 8.42 Å². The molecule has 8 heteroatoms. The molecule has 17 heavy (non-hydrogen) atoms. The van der Waals surface area contributed by atoms with Crippen LogP contribution in [0.4, 0.5) is 5.69 Å². The van der Waals surface area contributed by atoms with Crippen LogP contribution < -0.4 is 4.72 Å². The number of benzene rings is 1. The Bertz CT molecular complexity index is 495. The molecule has 0 fully saturated rings. The molecule has 0 aliphatic rings. The molecule has 4 nitrogen and oxygen atoms in total. The van der Waals surface area contributed by atoms with Gasteiger partial charge in [-0.25, -0.2) is 8.42 Å². The normalized spacial score (nSPS) is 13.5. The fourth-order valence-corrected chi connectivity index (χ4v) is 2.91. The third kappa shape index (κ3) is 3.63. The molecule has 96 valence electrons. The van der Waals surface area contributed by atoms with Gasteiger partial charge in [-0.15, -0.1) is 0 Å². The van der Waals surface area contributed by atoms with E-state index in [1.165, 1.54) is 19.1 Å². The van der Waals surface area contributed by atoms with E-state index in [-0.39, 0.29) is 15.7 Å². The van der Waals surface area contributed by atoms with Crippen LogP contribution in [0.1, 0.15) is 6.92 Å². The minimum Gasteiger partial charge on any atom is -0.395 e. The molecule has 0 heterocycles. The highest BCUT2D eigenvalue weighted by Crippen LogP contribution is 2.34. The quantitative estimate of drug-likeness (QED) is 0.897. The van der Waals surface area contributed by atoms with Crippen LogP contribution in [0, 0.1) is 0 Å². The zero-order chi connectivity index (χ0) is 13.2. The number of aliphatic hydroxyl groups excluding tert-OH is 1. The minimum atomic E-state index is -3.73. The van der Waals surface area contributed by atoms with Crippen LogP contribution in [0.3, 0.4) is 0 Å². The number of halogens is 3. The Hall–Kier alpha value is -0.200. The Kier molecular flexibility index (Phi) is 4.92. The number of hydrogen-bond acceptors (Lipinski definition) is 3. The summed E-state index contributed by atoms with van der Waals surface area (Å²) in [7, 11) is -3.73. The summed E-state index contributed by atoms with van der Waals surface area (Å²) in [6.07, 6.45) is 0. The van der Waals surface area contributed by atoms with Crippen LogP contribution in [0.15, 0.2) is 12.1 Å². The summed E-state index contributed by atoms with van der Waals surface area (Å²) < 4.78 is 25.6. The summed E-state index contributed by atoms with van der Waals surface area (Å²) >= 11 is 17.4. The molecular weight excluding hydrogens is 309 g/mol. The lowest BCUT2D eigenvalue weighted by Crippen LogP contribution is -2.28. The molecule has 0 radical (unpaired) electrons. The summed E-state index contributed by atoms with van der Waals surface area (Å²) in [6, 6.07) is 2.74. The molecule has 0 aliphatic heterocycles. The van der Waals surface area contributed by atoms with Crippen molar-refractivity contribution in [3.63, 3.8) is 0 Å². The highest BCUT2D eigenvalue weighted by Gasteiger charge is 2.22. The van der Waals surface area contributed by atoms with Gasteiger partial charge in [-0.3, -0.25) is 4.72 Å². The fourth-order valence-electron chi connectivity index (χ4n) is 0.981. The van der Waals surface area contributed by atoms with E-state index in [4.69, 9.17) is 39.9 Å². The smallest absolute Gasteiger partial charge is 0.237 e. The maximum absolute atomic E-state index is 11.7. The van der Waals surface area contributed by atoms with E-state index < -0.39 is 21.9 Å². The van der Waals surface area contributed by atoms with Crippen LogP contribution in [-0.2, 0) is 10.0 Å². The van der Waals surface area contributed by atoms with Gasteiger partial charge in [0.15, 0.2) is 0 Å². The molecule has 0 amide bonds. The number of hydrogen-bond donors (Lipinski definition) is 2. The monoisotopic (exact) mass is 317 g/mol. The Morgan fingerprint density at radius 2 is 1.76 bits per heavy atom. The summed E-state index contributed by atoms with van der Waals surface area (Å²) in [5, 5.41) is 8.35. The van der Waals surface area contributed by atoms with Crippen LogP contribution >= 0.6 is 34.8 Å². The lowest BCUT2D eigenvalue weighted by Gasteiger charge is -2.14. The van der Waals surface area contributed by atoms with E-state index in [2.05, 4.69) is 4.72 Å². The largest absolute Gasteiger partial charge is 0.395 e. The van der Waals surface area contributed by atoms with Gasteiger partial charge in [0.25, 0.3) is 0 Å². The van der Waals surface area contributed by atoms with Crippen molar-refractivity contribution in [3.05, 3.63) is 27.2 Å². The van der Waals surface area contributed by atoms with Gasteiger partial charge in [0.2, 0.25) is 10.0 Å². The molecular formula is C9H10Cl3NO3S. The molecule has 1 atom stereocenters. The van der Waals surface area contributed by atoms with Crippen LogP contribution in [0.2, 0.25) is 15.1 Å². The third-order valence-electron chi connectivity index (χ3n) is 2.04. The molecule has 0 bridgehead atoms. The van der Waals surface area contributed by atoms with Crippen molar-refractivity contribution < 1.29 is 13.5 Å². The van der Waals surface area contributed by atoms with Crippen molar-refractivity contribution >= 4 is 50.5 Å². The average molecular weight is 319 g/mol. The van der Waals surface area contributed by atoms with Crippen molar-refractivity contribution in [2.45, 2.75) is 12.2 Å². The van der Waals surface area contributed by atoms with Gasteiger partial charge in [0.1, 0.15) is 5.25 Å². The lowest BCUT2D eigenvalue weighted by atomic mass is 10.3. The van der Waals surface area contributed by atoms with E-state index in [0.717, 1.165) is 0 Å². The first-order chi connectivity index (χ1) is 7.77. The van der Waals surface area contributed by atoms with Gasteiger partial charge in [0.05, 0.1) is 22.3 Å². The van der Waals surface area contributed by atoms with E-state index in [0.29, 0.717) is 5.02 Å². The number of nitrogens with one attached hydrogen (secondary N) is 1. The second-order valence-corrected chi connectivity index (χ2v) is 6.73. The topological polar surface area (TPSA) is 66.4 Å². The molecule has 0 aromatic heterocycles. The SMILES string of the molecule is CC(CO)S(=O)(=O)Nc1c(Cl)cc(Cl)cc1Cl. The van der Waals surface area contributed by atoms with Gasteiger partial charge in [0, 0.05) is 5.02 Å². The van der Waals surface area contributed by atoms with E-state index in [1.54, 1.807) is 0 Å². The predicted molar refractivity (Wildman–Crippen MR) is 70.6 cm³/mol. The van der Waals surface area contributed by atoms with Crippen LogP contribution in [0.25, 0.3) is 0 Å². The van der Waals surface area contributed by atoms with Crippen molar-refractivity contribution in [2.75, 3.05) is 11.3 Å². The number of aliphatic hydroxyl groups is 1. The zero-order valence-corrected chi connectivity index (χ0v) is 11.8. The highest BCUT2D eigenvalue weighted by atomic mass is 35.5. The van der Waals surface area contributed by atoms with E-state index >= 15 is 0 Å². The highest BCUT2D eigenvalue weighted by molar-refractivity contribution is 7.93. The molecule has 0 spiro atoms. The fraction of sp³-hybridized carbons (Fsp3) is 0.333. The van der Waals surface area contributed by atoms with Gasteiger partial charge in [-0.05, 0) is 19.1 Å². The number of anilines is 1. The van der Waals surface area contributed by atoms with E-state index in [1.807, 2.05) is 0 Å². The minimum absolute atomic E-state index is 0.0537. The second-order valence-electron chi connectivity index (χ2n) is 3.38. The maximum atomic E-state index is 11.7.